The summed E-state index contributed by atoms with van der Waals surface area (Å²) in [4.78, 5) is 18.3. The highest BCUT2D eigenvalue weighted by atomic mass is 16.2. The fourth-order valence-corrected chi connectivity index (χ4v) is 2.20. The molecule has 1 heterocycles. The van der Waals surface area contributed by atoms with Gasteiger partial charge in [0.1, 0.15) is 12.4 Å². The predicted molar refractivity (Wildman–Crippen MR) is 80.0 cm³/mol. The highest BCUT2D eigenvalue weighted by Gasteiger charge is 2.13. The molecule has 0 spiro atoms. The van der Waals surface area contributed by atoms with Gasteiger partial charge in [-0.05, 0) is 26.0 Å². The van der Waals surface area contributed by atoms with Crippen LogP contribution >= 0.6 is 0 Å². The Kier molecular flexibility index (Phi) is 4.40. The van der Waals surface area contributed by atoms with E-state index in [1.165, 1.54) is 0 Å². The number of carbonyl (C=O) groups is 1. The highest BCUT2D eigenvalue weighted by Crippen LogP contribution is 2.19. The molecule has 0 unspecified atom stereocenters. The second kappa shape index (κ2) is 6.23. The largest absolute Gasteiger partial charge is 0.399 e. The fourth-order valence-electron chi connectivity index (χ4n) is 2.20. The number of aromatic nitrogens is 2. The Morgan fingerprint density at radius 2 is 2.10 bits per heavy atom. The summed E-state index contributed by atoms with van der Waals surface area (Å²) < 4.78 is 1.86. The zero-order chi connectivity index (χ0) is 14.5. The van der Waals surface area contributed by atoms with Crippen LogP contribution in [0, 0.1) is 0 Å². The zero-order valence-electron chi connectivity index (χ0n) is 11.9. The van der Waals surface area contributed by atoms with Crippen molar-refractivity contribution in [3.8, 4) is 11.4 Å². The lowest BCUT2D eigenvalue weighted by Crippen LogP contribution is -2.33. The van der Waals surface area contributed by atoms with Crippen molar-refractivity contribution in [2.75, 3.05) is 18.8 Å². The SMILES string of the molecule is CCN(CC)C(=O)Cn1ccnc1-c1cccc(N)c1. The number of rotatable bonds is 5. The second-order valence-corrected chi connectivity index (χ2v) is 4.57. The zero-order valence-corrected chi connectivity index (χ0v) is 11.9. The number of hydrogen-bond acceptors (Lipinski definition) is 3. The number of carbonyl (C=O) groups excluding carboxylic acids is 1. The van der Waals surface area contributed by atoms with Crippen molar-refractivity contribution in [2.24, 2.45) is 0 Å². The van der Waals surface area contributed by atoms with Crippen LogP contribution in [0.1, 0.15) is 13.8 Å². The first-order chi connectivity index (χ1) is 9.65. The van der Waals surface area contributed by atoms with Crippen molar-refractivity contribution in [3.05, 3.63) is 36.7 Å². The van der Waals surface area contributed by atoms with Gasteiger partial charge in [-0.1, -0.05) is 12.1 Å². The van der Waals surface area contributed by atoms with Crippen molar-refractivity contribution in [3.63, 3.8) is 0 Å². The lowest BCUT2D eigenvalue weighted by atomic mass is 10.2. The molecule has 0 saturated carbocycles. The molecule has 0 saturated heterocycles. The van der Waals surface area contributed by atoms with Gasteiger partial charge in [-0.15, -0.1) is 0 Å². The summed E-state index contributed by atoms with van der Waals surface area (Å²) in [6.07, 6.45) is 3.52. The summed E-state index contributed by atoms with van der Waals surface area (Å²) in [5.74, 6) is 0.857. The Morgan fingerprint density at radius 3 is 2.75 bits per heavy atom. The second-order valence-electron chi connectivity index (χ2n) is 4.57. The first kappa shape index (κ1) is 14.1. The van der Waals surface area contributed by atoms with Gasteiger partial charge >= 0.3 is 0 Å². The van der Waals surface area contributed by atoms with Gasteiger partial charge in [0.2, 0.25) is 5.91 Å². The lowest BCUT2D eigenvalue weighted by Gasteiger charge is -2.19. The summed E-state index contributed by atoms with van der Waals surface area (Å²) >= 11 is 0. The molecule has 0 aliphatic carbocycles. The molecule has 106 valence electrons. The number of anilines is 1. The van der Waals surface area contributed by atoms with Crippen molar-refractivity contribution in [1.82, 2.24) is 14.5 Å². The maximum Gasteiger partial charge on any atom is 0.242 e. The van der Waals surface area contributed by atoms with Crippen molar-refractivity contribution in [2.45, 2.75) is 20.4 Å². The maximum absolute atomic E-state index is 12.2. The van der Waals surface area contributed by atoms with Crippen LogP contribution in [0.15, 0.2) is 36.7 Å². The summed E-state index contributed by atoms with van der Waals surface area (Å²) in [6, 6.07) is 7.52. The minimum absolute atomic E-state index is 0.0955. The number of amides is 1. The van der Waals surface area contributed by atoms with Crippen molar-refractivity contribution < 1.29 is 4.79 Å². The van der Waals surface area contributed by atoms with Crippen LogP contribution in [0.2, 0.25) is 0 Å². The Bertz CT molecular complexity index is 587. The number of nitrogens with two attached hydrogens (primary N) is 1. The van der Waals surface area contributed by atoms with E-state index in [1.54, 1.807) is 6.20 Å². The van der Waals surface area contributed by atoms with Gasteiger partial charge < -0.3 is 15.2 Å². The lowest BCUT2D eigenvalue weighted by molar-refractivity contribution is -0.131. The molecule has 1 aromatic carbocycles. The number of nitrogen functional groups attached to an aromatic ring is 1. The average Bonchev–Trinajstić information content (AvgIpc) is 2.88. The Hall–Kier alpha value is -2.30. The molecule has 0 radical (unpaired) electrons. The van der Waals surface area contributed by atoms with E-state index in [0.29, 0.717) is 12.2 Å². The number of hydrogen-bond donors (Lipinski definition) is 1. The number of nitrogens with zero attached hydrogens (tertiary/aromatic N) is 3. The van der Waals surface area contributed by atoms with Crippen LogP contribution in [-0.4, -0.2) is 33.4 Å². The van der Waals surface area contributed by atoms with E-state index in [4.69, 9.17) is 5.73 Å². The summed E-state index contributed by atoms with van der Waals surface area (Å²) in [5, 5.41) is 0. The molecule has 20 heavy (non-hydrogen) atoms. The molecule has 1 aromatic heterocycles. The topological polar surface area (TPSA) is 64.2 Å². The summed E-state index contributed by atoms with van der Waals surface area (Å²) in [6.45, 7) is 5.70. The normalized spacial score (nSPS) is 10.5. The first-order valence-electron chi connectivity index (χ1n) is 6.80. The summed E-state index contributed by atoms with van der Waals surface area (Å²) in [5.41, 5.74) is 7.40. The third kappa shape index (κ3) is 2.99. The number of imidazole rings is 1. The van der Waals surface area contributed by atoms with Crippen molar-refractivity contribution >= 4 is 11.6 Å². The monoisotopic (exact) mass is 272 g/mol. The van der Waals surface area contributed by atoms with Crippen LogP contribution in [0.5, 0.6) is 0 Å². The molecule has 2 rings (SSSR count). The quantitative estimate of drug-likeness (QED) is 0.847. The van der Waals surface area contributed by atoms with E-state index in [2.05, 4.69) is 4.98 Å². The van der Waals surface area contributed by atoms with E-state index in [-0.39, 0.29) is 5.91 Å². The molecule has 5 nitrogen and oxygen atoms in total. The van der Waals surface area contributed by atoms with Gasteiger partial charge in [0.05, 0.1) is 0 Å². The molecule has 1 amide bonds. The summed E-state index contributed by atoms with van der Waals surface area (Å²) in [7, 11) is 0. The number of benzene rings is 1. The van der Waals surface area contributed by atoms with Gasteiger partial charge in [0.15, 0.2) is 0 Å². The average molecular weight is 272 g/mol. The molecular weight excluding hydrogens is 252 g/mol. The molecule has 2 N–H and O–H groups in total. The van der Waals surface area contributed by atoms with E-state index >= 15 is 0 Å². The molecule has 5 heteroatoms. The van der Waals surface area contributed by atoms with E-state index in [1.807, 2.05) is 53.8 Å². The molecule has 0 aliphatic heterocycles. The van der Waals surface area contributed by atoms with Gasteiger partial charge in [0.25, 0.3) is 0 Å². The minimum atomic E-state index is 0.0955. The van der Waals surface area contributed by atoms with Crippen LogP contribution in [-0.2, 0) is 11.3 Å². The third-order valence-corrected chi connectivity index (χ3v) is 3.28. The first-order valence-corrected chi connectivity index (χ1v) is 6.80. The van der Waals surface area contributed by atoms with Gasteiger partial charge in [0, 0.05) is 36.7 Å². The van der Waals surface area contributed by atoms with Crippen LogP contribution in [0.3, 0.4) is 0 Å². The van der Waals surface area contributed by atoms with Crippen LogP contribution < -0.4 is 5.73 Å². The molecule has 0 aliphatic rings. The Morgan fingerprint density at radius 1 is 1.35 bits per heavy atom. The van der Waals surface area contributed by atoms with Crippen LogP contribution in [0.25, 0.3) is 11.4 Å². The van der Waals surface area contributed by atoms with Crippen LogP contribution in [0.4, 0.5) is 5.69 Å². The minimum Gasteiger partial charge on any atom is -0.399 e. The smallest absolute Gasteiger partial charge is 0.242 e. The van der Waals surface area contributed by atoms with E-state index < -0.39 is 0 Å². The van der Waals surface area contributed by atoms with Gasteiger partial charge in [-0.3, -0.25) is 4.79 Å². The molecule has 0 fully saturated rings. The number of likely N-dealkylation sites (N-methyl/N-ethyl adjacent to an activating group) is 1. The third-order valence-electron chi connectivity index (χ3n) is 3.28. The van der Waals surface area contributed by atoms with Crippen molar-refractivity contribution in [1.29, 1.82) is 0 Å². The maximum atomic E-state index is 12.2. The molecular formula is C15H20N4O. The molecule has 0 atom stereocenters. The standard InChI is InChI=1S/C15H20N4O/c1-3-18(4-2)14(20)11-19-9-8-17-15(19)12-6-5-7-13(16)10-12/h5-10H,3-4,11,16H2,1-2H3. The Labute approximate surface area is 119 Å². The van der Waals surface area contributed by atoms with E-state index in [0.717, 1.165) is 24.5 Å². The van der Waals surface area contributed by atoms with Gasteiger partial charge in [-0.2, -0.15) is 0 Å². The fraction of sp³-hybridized carbons (Fsp3) is 0.333. The van der Waals surface area contributed by atoms with E-state index in [9.17, 15) is 4.79 Å². The predicted octanol–water partition coefficient (Wildman–Crippen LogP) is 2.00. The Balaban J connectivity index is 2.23. The molecule has 0 bridgehead atoms. The van der Waals surface area contributed by atoms with Gasteiger partial charge in [-0.25, -0.2) is 4.98 Å². The highest BCUT2D eigenvalue weighted by molar-refractivity contribution is 5.76. The molecule has 2 aromatic rings.